The predicted octanol–water partition coefficient (Wildman–Crippen LogP) is 3.75. The van der Waals surface area contributed by atoms with Crippen molar-refractivity contribution in [1.82, 2.24) is 25.3 Å². The van der Waals surface area contributed by atoms with Crippen molar-refractivity contribution < 1.29 is 18.0 Å². The number of aromatic nitrogens is 4. The van der Waals surface area contributed by atoms with Crippen molar-refractivity contribution in [3.05, 3.63) is 82.9 Å². The molecule has 2 aromatic carbocycles. The van der Waals surface area contributed by atoms with E-state index < -0.39 is 11.6 Å². The van der Waals surface area contributed by atoms with Gasteiger partial charge in [0.25, 0.3) is 11.8 Å². The van der Waals surface area contributed by atoms with Crippen molar-refractivity contribution >= 4 is 5.91 Å². The van der Waals surface area contributed by atoms with E-state index in [4.69, 9.17) is 4.42 Å². The normalized spacial score (nSPS) is 10.9. The van der Waals surface area contributed by atoms with Gasteiger partial charge in [0.1, 0.15) is 5.69 Å². The highest BCUT2D eigenvalue weighted by Crippen LogP contribution is 2.21. The minimum absolute atomic E-state index is 0.0712. The Morgan fingerprint density at radius 3 is 2.63 bits per heavy atom. The van der Waals surface area contributed by atoms with Gasteiger partial charge in [-0.1, -0.05) is 12.1 Å². The van der Waals surface area contributed by atoms with E-state index in [9.17, 15) is 13.6 Å². The quantitative estimate of drug-likeness (QED) is 0.543. The molecule has 152 valence electrons. The van der Waals surface area contributed by atoms with Crippen LogP contribution in [0.25, 0.3) is 17.3 Å². The van der Waals surface area contributed by atoms with Crippen molar-refractivity contribution in [3.63, 3.8) is 0 Å². The van der Waals surface area contributed by atoms with Crippen LogP contribution in [0.1, 0.15) is 27.5 Å². The van der Waals surface area contributed by atoms with E-state index >= 15 is 0 Å². The Bertz CT molecular complexity index is 1230. The van der Waals surface area contributed by atoms with Gasteiger partial charge >= 0.3 is 0 Å². The third-order valence-electron chi connectivity index (χ3n) is 4.42. The minimum Gasteiger partial charge on any atom is -0.420 e. The van der Waals surface area contributed by atoms with Crippen molar-refractivity contribution in [2.24, 2.45) is 0 Å². The molecule has 0 aliphatic carbocycles. The number of benzene rings is 2. The molecule has 4 rings (SSSR count). The number of hydrogen-bond acceptors (Lipinski definition) is 5. The molecule has 0 aliphatic heterocycles. The number of hydrogen-bond donors (Lipinski definition) is 1. The maximum absolute atomic E-state index is 13.3. The summed E-state index contributed by atoms with van der Waals surface area (Å²) in [5.74, 6) is -1.47. The van der Waals surface area contributed by atoms with Crippen molar-refractivity contribution in [2.45, 2.75) is 20.4 Å². The molecule has 0 bridgehead atoms. The fraction of sp³-hybridized carbons (Fsp3) is 0.143. The molecule has 30 heavy (non-hydrogen) atoms. The fourth-order valence-corrected chi connectivity index (χ4v) is 2.95. The van der Waals surface area contributed by atoms with E-state index in [0.717, 1.165) is 17.8 Å². The van der Waals surface area contributed by atoms with Gasteiger partial charge in [-0.05, 0) is 48.9 Å². The van der Waals surface area contributed by atoms with Crippen LogP contribution in [-0.2, 0) is 6.54 Å². The van der Waals surface area contributed by atoms with E-state index in [1.807, 2.05) is 19.1 Å². The molecular formula is C21H17F2N5O2. The first-order valence-electron chi connectivity index (χ1n) is 9.10. The predicted molar refractivity (Wildman–Crippen MR) is 104 cm³/mol. The van der Waals surface area contributed by atoms with Gasteiger partial charge in [0.15, 0.2) is 11.6 Å². The van der Waals surface area contributed by atoms with Crippen LogP contribution >= 0.6 is 0 Å². The molecule has 0 unspecified atom stereocenters. The van der Waals surface area contributed by atoms with Gasteiger partial charge in [-0.25, -0.2) is 13.5 Å². The zero-order valence-corrected chi connectivity index (χ0v) is 16.2. The summed E-state index contributed by atoms with van der Waals surface area (Å²) in [5, 5.41) is 15.0. The number of halogens is 2. The lowest BCUT2D eigenvalue weighted by Gasteiger charge is -2.09. The average Bonchev–Trinajstić information content (AvgIpc) is 3.34. The first-order valence-corrected chi connectivity index (χ1v) is 9.10. The second-order valence-electron chi connectivity index (χ2n) is 6.69. The Labute approximate surface area is 170 Å². The largest absolute Gasteiger partial charge is 0.420 e. The molecule has 0 saturated carbocycles. The number of nitrogens with zero attached hydrogens (tertiary/aromatic N) is 4. The molecule has 2 heterocycles. The lowest BCUT2D eigenvalue weighted by Crippen LogP contribution is -2.23. The van der Waals surface area contributed by atoms with E-state index in [-0.39, 0.29) is 12.5 Å². The number of aryl methyl sites for hydroxylation is 2. The molecule has 0 aliphatic rings. The summed E-state index contributed by atoms with van der Waals surface area (Å²) in [4.78, 5) is 12.5. The topological polar surface area (TPSA) is 85.8 Å². The minimum atomic E-state index is -0.954. The smallest absolute Gasteiger partial charge is 0.268 e. The monoisotopic (exact) mass is 409 g/mol. The third kappa shape index (κ3) is 3.95. The zero-order valence-electron chi connectivity index (χ0n) is 16.2. The first-order chi connectivity index (χ1) is 14.4. The molecule has 0 spiro atoms. The summed E-state index contributed by atoms with van der Waals surface area (Å²) in [6.45, 7) is 3.64. The average molecular weight is 409 g/mol. The van der Waals surface area contributed by atoms with Gasteiger partial charge in [0, 0.05) is 24.7 Å². The van der Waals surface area contributed by atoms with E-state index in [1.165, 1.54) is 6.07 Å². The van der Waals surface area contributed by atoms with Crippen molar-refractivity contribution in [1.29, 1.82) is 0 Å². The van der Waals surface area contributed by atoms with Crippen LogP contribution in [0.5, 0.6) is 0 Å². The van der Waals surface area contributed by atoms with E-state index in [2.05, 4.69) is 20.6 Å². The highest BCUT2D eigenvalue weighted by Gasteiger charge is 2.14. The Morgan fingerprint density at radius 1 is 1.07 bits per heavy atom. The van der Waals surface area contributed by atoms with Crippen LogP contribution in [0.15, 0.2) is 52.9 Å². The Balaban J connectivity index is 1.53. The maximum atomic E-state index is 13.3. The molecule has 9 heteroatoms. The molecular weight excluding hydrogens is 392 g/mol. The highest BCUT2D eigenvalue weighted by atomic mass is 19.2. The van der Waals surface area contributed by atoms with Crippen LogP contribution in [0.4, 0.5) is 8.78 Å². The van der Waals surface area contributed by atoms with Gasteiger partial charge in [0.05, 0.1) is 5.69 Å². The van der Waals surface area contributed by atoms with Crippen molar-refractivity contribution in [2.75, 3.05) is 0 Å². The number of carbonyl (C=O) groups is 1. The molecule has 2 aromatic heterocycles. The number of carbonyl (C=O) groups excluding carboxylic acids is 1. The van der Waals surface area contributed by atoms with E-state index in [0.29, 0.717) is 34.3 Å². The molecule has 4 aromatic rings. The Hall–Kier alpha value is -3.88. The zero-order chi connectivity index (χ0) is 21.3. The summed E-state index contributed by atoms with van der Waals surface area (Å²) in [6.07, 6.45) is 0. The molecule has 0 saturated heterocycles. The molecule has 1 amide bonds. The molecule has 7 nitrogen and oxygen atoms in total. The van der Waals surface area contributed by atoms with Crippen LogP contribution in [0, 0.1) is 25.5 Å². The van der Waals surface area contributed by atoms with Crippen LogP contribution in [0.3, 0.4) is 0 Å². The molecule has 0 fully saturated rings. The van der Waals surface area contributed by atoms with E-state index in [1.54, 1.807) is 29.8 Å². The van der Waals surface area contributed by atoms with Crippen LogP contribution in [-0.4, -0.2) is 25.9 Å². The highest BCUT2D eigenvalue weighted by molar-refractivity contribution is 5.94. The Morgan fingerprint density at radius 2 is 1.90 bits per heavy atom. The second kappa shape index (κ2) is 7.86. The van der Waals surface area contributed by atoms with Gasteiger partial charge in [-0.3, -0.25) is 4.79 Å². The SMILES string of the molecule is Cc1nnc(-c2cc(C)n(-c3cccc(C(=O)NCc4ccc(F)c(F)c4)c3)n2)o1. The molecule has 1 N–H and O–H groups in total. The fourth-order valence-electron chi connectivity index (χ4n) is 2.95. The van der Waals surface area contributed by atoms with Gasteiger partial charge in [-0.15, -0.1) is 10.2 Å². The first kappa shape index (κ1) is 19.4. The van der Waals surface area contributed by atoms with Gasteiger partial charge in [0.2, 0.25) is 5.89 Å². The van der Waals surface area contributed by atoms with Gasteiger partial charge < -0.3 is 9.73 Å². The lowest BCUT2D eigenvalue weighted by molar-refractivity contribution is 0.0951. The maximum Gasteiger partial charge on any atom is 0.268 e. The number of amides is 1. The van der Waals surface area contributed by atoms with Crippen LogP contribution < -0.4 is 5.32 Å². The number of rotatable bonds is 5. The lowest BCUT2D eigenvalue weighted by atomic mass is 10.1. The molecule has 0 radical (unpaired) electrons. The third-order valence-corrected chi connectivity index (χ3v) is 4.42. The van der Waals surface area contributed by atoms with Gasteiger partial charge in [-0.2, -0.15) is 5.10 Å². The summed E-state index contributed by atoms with van der Waals surface area (Å²) in [5.41, 5.74) is 2.89. The number of nitrogens with one attached hydrogen (secondary N) is 1. The second-order valence-corrected chi connectivity index (χ2v) is 6.69. The summed E-state index contributed by atoms with van der Waals surface area (Å²) < 4.78 is 33.4. The summed E-state index contributed by atoms with van der Waals surface area (Å²) in [6, 6.07) is 12.2. The summed E-state index contributed by atoms with van der Waals surface area (Å²) >= 11 is 0. The van der Waals surface area contributed by atoms with Crippen LogP contribution in [0.2, 0.25) is 0 Å². The summed E-state index contributed by atoms with van der Waals surface area (Å²) in [7, 11) is 0. The standard InChI is InChI=1S/C21H17F2N5O2/c1-12-8-19(21-26-25-13(2)30-21)27-28(12)16-5-3-4-15(10-16)20(29)24-11-14-6-7-17(22)18(23)9-14/h3-10H,11H2,1-2H3,(H,24,29). The Kier molecular flexibility index (Phi) is 5.09. The molecule has 0 atom stereocenters. The van der Waals surface area contributed by atoms with Crippen molar-refractivity contribution in [3.8, 4) is 17.3 Å².